The molecule has 1 aliphatic rings. The smallest absolute Gasteiger partial charge is 0.243 e. The zero-order valence-corrected chi connectivity index (χ0v) is 17.5. The molecule has 0 aliphatic carbocycles. The third-order valence-electron chi connectivity index (χ3n) is 4.75. The van der Waals surface area contributed by atoms with Crippen LogP contribution in [0.3, 0.4) is 0 Å². The molecule has 0 bridgehead atoms. The summed E-state index contributed by atoms with van der Waals surface area (Å²) in [6.07, 6.45) is 0.894. The summed E-state index contributed by atoms with van der Waals surface area (Å²) in [6, 6.07) is 12.9. The van der Waals surface area contributed by atoms with E-state index in [-0.39, 0.29) is 35.7 Å². The first kappa shape index (κ1) is 21.3. The van der Waals surface area contributed by atoms with E-state index in [2.05, 4.69) is 10.6 Å². The predicted molar refractivity (Wildman–Crippen MR) is 112 cm³/mol. The number of carbonyl (C=O) groups is 2. The van der Waals surface area contributed by atoms with E-state index in [9.17, 15) is 18.0 Å². The lowest BCUT2D eigenvalue weighted by atomic mass is 9.97. The van der Waals surface area contributed by atoms with Gasteiger partial charge in [0.25, 0.3) is 0 Å². The SMILES string of the molecule is CC(=O)Nc1ccc(NC(=O)C2CCN(S(=O)(=O)c3ccc(Cl)cc3)CC2)cc1. The molecule has 154 valence electrons. The molecule has 2 N–H and O–H groups in total. The van der Waals surface area contributed by atoms with Crippen molar-refractivity contribution in [3.8, 4) is 0 Å². The van der Waals surface area contributed by atoms with Gasteiger partial charge in [-0.05, 0) is 61.4 Å². The lowest BCUT2D eigenvalue weighted by Crippen LogP contribution is -2.41. The van der Waals surface area contributed by atoms with Crippen LogP contribution in [0.1, 0.15) is 19.8 Å². The number of anilines is 2. The standard InChI is InChI=1S/C20H22ClN3O4S/c1-14(25)22-17-4-6-18(7-5-17)23-20(26)15-10-12-24(13-11-15)29(27,28)19-8-2-16(21)3-9-19/h2-9,15H,10-13H2,1H3,(H,22,25)(H,23,26). The molecule has 1 aliphatic heterocycles. The fourth-order valence-corrected chi connectivity index (χ4v) is 4.79. The normalized spacial score (nSPS) is 15.7. The summed E-state index contributed by atoms with van der Waals surface area (Å²) in [5, 5.41) is 5.99. The summed E-state index contributed by atoms with van der Waals surface area (Å²) in [7, 11) is -3.59. The highest BCUT2D eigenvalue weighted by Gasteiger charge is 2.32. The summed E-state index contributed by atoms with van der Waals surface area (Å²) in [6.45, 7) is 1.99. The molecule has 0 atom stereocenters. The molecule has 1 fully saturated rings. The van der Waals surface area contributed by atoms with Crippen LogP contribution in [-0.2, 0) is 19.6 Å². The van der Waals surface area contributed by atoms with E-state index < -0.39 is 10.0 Å². The van der Waals surface area contributed by atoms with E-state index in [1.54, 1.807) is 36.4 Å². The summed E-state index contributed by atoms with van der Waals surface area (Å²) < 4.78 is 26.9. The maximum atomic E-state index is 12.7. The fraction of sp³-hybridized carbons (Fsp3) is 0.300. The first-order valence-corrected chi connectivity index (χ1v) is 11.0. The molecule has 0 aromatic heterocycles. The fourth-order valence-electron chi connectivity index (χ4n) is 3.20. The van der Waals surface area contributed by atoms with Gasteiger partial charge in [-0.15, -0.1) is 0 Å². The number of hydrogen-bond acceptors (Lipinski definition) is 4. The van der Waals surface area contributed by atoms with Crippen molar-refractivity contribution in [3.63, 3.8) is 0 Å². The van der Waals surface area contributed by atoms with Gasteiger partial charge >= 0.3 is 0 Å². The van der Waals surface area contributed by atoms with Crippen LogP contribution in [0, 0.1) is 5.92 Å². The molecule has 1 saturated heterocycles. The minimum Gasteiger partial charge on any atom is -0.326 e. The van der Waals surface area contributed by atoms with Crippen molar-refractivity contribution in [1.82, 2.24) is 4.31 Å². The van der Waals surface area contributed by atoms with Crippen LogP contribution in [0.4, 0.5) is 11.4 Å². The van der Waals surface area contributed by atoms with Crippen LogP contribution in [0.5, 0.6) is 0 Å². The van der Waals surface area contributed by atoms with Crippen molar-refractivity contribution >= 4 is 44.8 Å². The van der Waals surface area contributed by atoms with Gasteiger partial charge in [0.2, 0.25) is 21.8 Å². The summed E-state index contributed by atoms with van der Waals surface area (Å²) in [5.74, 6) is -0.565. The topological polar surface area (TPSA) is 95.6 Å². The molecular weight excluding hydrogens is 414 g/mol. The van der Waals surface area contributed by atoms with E-state index in [0.717, 1.165) is 0 Å². The summed E-state index contributed by atoms with van der Waals surface area (Å²) in [4.78, 5) is 23.8. The van der Waals surface area contributed by atoms with Crippen LogP contribution >= 0.6 is 11.6 Å². The number of halogens is 1. The average molecular weight is 436 g/mol. The van der Waals surface area contributed by atoms with Crippen LogP contribution in [-0.4, -0.2) is 37.6 Å². The van der Waals surface area contributed by atoms with Crippen molar-refractivity contribution in [2.75, 3.05) is 23.7 Å². The highest BCUT2D eigenvalue weighted by Crippen LogP contribution is 2.26. The van der Waals surface area contributed by atoms with Crippen molar-refractivity contribution in [2.24, 2.45) is 5.92 Å². The van der Waals surface area contributed by atoms with E-state index in [0.29, 0.717) is 29.2 Å². The third kappa shape index (κ3) is 5.35. The molecular formula is C20H22ClN3O4S. The minimum absolute atomic E-state index is 0.138. The van der Waals surface area contributed by atoms with Crippen LogP contribution < -0.4 is 10.6 Å². The Morgan fingerprint density at radius 2 is 1.45 bits per heavy atom. The van der Waals surface area contributed by atoms with Gasteiger partial charge in [-0.25, -0.2) is 8.42 Å². The minimum atomic E-state index is -3.59. The number of sulfonamides is 1. The van der Waals surface area contributed by atoms with Gasteiger partial charge in [0, 0.05) is 42.3 Å². The van der Waals surface area contributed by atoms with Crippen LogP contribution in [0.15, 0.2) is 53.4 Å². The Labute approximate surface area is 175 Å². The molecule has 29 heavy (non-hydrogen) atoms. The molecule has 3 rings (SSSR count). The van der Waals surface area contributed by atoms with Gasteiger partial charge in [-0.3, -0.25) is 9.59 Å². The first-order chi connectivity index (χ1) is 13.8. The van der Waals surface area contributed by atoms with Gasteiger partial charge in [-0.1, -0.05) is 11.6 Å². The number of amides is 2. The van der Waals surface area contributed by atoms with Crippen molar-refractivity contribution in [1.29, 1.82) is 0 Å². The summed E-state index contributed by atoms with van der Waals surface area (Å²) >= 11 is 5.83. The lowest BCUT2D eigenvalue weighted by Gasteiger charge is -2.30. The number of nitrogens with one attached hydrogen (secondary N) is 2. The first-order valence-electron chi connectivity index (χ1n) is 9.20. The average Bonchev–Trinajstić information content (AvgIpc) is 2.69. The van der Waals surface area contributed by atoms with E-state index in [1.807, 2.05) is 0 Å². The van der Waals surface area contributed by atoms with Crippen molar-refractivity contribution in [2.45, 2.75) is 24.7 Å². The molecule has 0 spiro atoms. The Morgan fingerprint density at radius 3 is 1.97 bits per heavy atom. The third-order valence-corrected chi connectivity index (χ3v) is 6.91. The Bertz CT molecular complexity index is 983. The number of rotatable bonds is 5. The molecule has 0 saturated carbocycles. The number of benzene rings is 2. The Kier molecular flexibility index (Phi) is 6.56. The monoisotopic (exact) mass is 435 g/mol. The molecule has 7 nitrogen and oxygen atoms in total. The number of piperidine rings is 1. The lowest BCUT2D eigenvalue weighted by molar-refractivity contribution is -0.121. The molecule has 9 heteroatoms. The number of carbonyl (C=O) groups excluding carboxylic acids is 2. The second kappa shape index (κ2) is 8.94. The Hall–Kier alpha value is -2.42. The van der Waals surface area contributed by atoms with Gasteiger partial charge < -0.3 is 10.6 Å². The van der Waals surface area contributed by atoms with Gasteiger partial charge in [0.15, 0.2) is 0 Å². The maximum Gasteiger partial charge on any atom is 0.243 e. The second-order valence-corrected chi connectivity index (χ2v) is 9.25. The highest BCUT2D eigenvalue weighted by atomic mass is 35.5. The van der Waals surface area contributed by atoms with Crippen molar-refractivity contribution < 1.29 is 18.0 Å². The molecule has 2 aromatic rings. The number of hydrogen-bond donors (Lipinski definition) is 2. The number of nitrogens with zero attached hydrogens (tertiary/aromatic N) is 1. The molecule has 1 heterocycles. The highest BCUT2D eigenvalue weighted by molar-refractivity contribution is 7.89. The van der Waals surface area contributed by atoms with Crippen LogP contribution in [0.2, 0.25) is 5.02 Å². The zero-order chi connectivity index (χ0) is 21.0. The zero-order valence-electron chi connectivity index (χ0n) is 15.9. The largest absolute Gasteiger partial charge is 0.326 e. The van der Waals surface area contributed by atoms with Gasteiger partial charge in [0.1, 0.15) is 0 Å². The second-order valence-electron chi connectivity index (χ2n) is 6.88. The van der Waals surface area contributed by atoms with E-state index in [1.165, 1.54) is 23.4 Å². The van der Waals surface area contributed by atoms with Crippen LogP contribution in [0.25, 0.3) is 0 Å². The van der Waals surface area contributed by atoms with Crippen molar-refractivity contribution in [3.05, 3.63) is 53.6 Å². The van der Waals surface area contributed by atoms with E-state index >= 15 is 0 Å². The molecule has 2 aromatic carbocycles. The molecule has 0 unspecified atom stereocenters. The van der Waals surface area contributed by atoms with Gasteiger partial charge in [0.05, 0.1) is 4.90 Å². The Morgan fingerprint density at radius 1 is 0.931 bits per heavy atom. The Balaban J connectivity index is 1.56. The molecule has 0 radical (unpaired) electrons. The summed E-state index contributed by atoms with van der Waals surface area (Å²) in [5.41, 5.74) is 1.27. The quantitative estimate of drug-likeness (QED) is 0.752. The maximum absolute atomic E-state index is 12.7. The van der Waals surface area contributed by atoms with E-state index in [4.69, 9.17) is 11.6 Å². The predicted octanol–water partition coefficient (Wildman–Crippen LogP) is 3.34. The van der Waals surface area contributed by atoms with Gasteiger partial charge in [-0.2, -0.15) is 4.31 Å². The molecule has 2 amide bonds.